The highest BCUT2D eigenvalue weighted by atomic mass is 16.6. The van der Waals surface area contributed by atoms with Gasteiger partial charge in [-0.15, -0.1) is 0 Å². The molecule has 72 valence electrons. The molecule has 0 aliphatic carbocycles. The predicted octanol–water partition coefficient (Wildman–Crippen LogP) is 2.44. The van der Waals surface area contributed by atoms with Gasteiger partial charge in [0.2, 0.25) is 0 Å². The van der Waals surface area contributed by atoms with Gasteiger partial charge in [-0.2, -0.15) is 0 Å². The van der Waals surface area contributed by atoms with Gasteiger partial charge in [0.05, 0.1) is 6.61 Å². The molecule has 1 aliphatic rings. The fourth-order valence-corrected chi connectivity index (χ4v) is 0.843. The van der Waals surface area contributed by atoms with E-state index in [0.29, 0.717) is 12.7 Å². The zero-order chi connectivity index (χ0) is 9.52. The number of hydrogen-bond acceptors (Lipinski definition) is 2. The van der Waals surface area contributed by atoms with Crippen molar-refractivity contribution >= 4 is 0 Å². The number of epoxide rings is 1. The van der Waals surface area contributed by atoms with Gasteiger partial charge in [-0.3, -0.25) is 0 Å². The normalized spacial score (nSPS) is 22.9. The van der Waals surface area contributed by atoms with Crippen molar-refractivity contribution in [2.24, 2.45) is 0 Å². The molecule has 1 saturated heterocycles. The molecule has 0 aromatic rings. The minimum atomic E-state index is 0.324. The van der Waals surface area contributed by atoms with E-state index in [9.17, 15) is 0 Å². The average molecular weight is 180 g/mol. The van der Waals surface area contributed by atoms with Gasteiger partial charge in [0.25, 0.3) is 0 Å². The molecular weight excluding hydrogens is 164 g/mol. The SMILES string of the molecule is C\C=C/C=C\C(=C/C)OCC1CO1. The third-order valence-corrected chi connectivity index (χ3v) is 1.69. The van der Waals surface area contributed by atoms with Crippen molar-refractivity contribution in [3.05, 3.63) is 36.1 Å². The standard InChI is InChI=1S/C11H16O2/c1-3-5-6-7-10(4-2)12-8-11-9-13-11/h3-7,11H,8-9H2,1-2H3/b5-3-,7-6-,10-4+. The van der Waals surface area contributed by atoms with Crippen LogP contribution in [-0.2, 0) is 9.47 Å². The molecule has 0 bridgehead atoms. The van der Waals surface area contributed by atoms with Crippen LogP contribution in [0.25, 0.3) is 0 Å². The molecule has 0 amide bonds. The second-order valence-electron chi connectivity index (χ2n) is 2.84. The van der Waals surface area contributed by atoms with E-state index in [1.54, 1.807) is 0 Å². The van der Waals surface area contributed by atoms with Gasteiger partial charge < -0.3 is 9.47 Å². The Morgan fingerprint density at radius 1 is 1.46 bits per heavy atom. The maximum Gasteiger partial charge on any atom is 0.117 e. The summed E-state index contributed by atoms with van der Waals surface area (Å²) in [7, 11) is 0. The average Bonchev–Trinajstić information content (AvgIpc) is 2.94. The highest BCUT2D eigenvalue weighted by molar-refractivity contribution is 5.16. The first-order valence-electron chi connectivity index (χ1n) is 4.57. The fraction of sp³-hybridized carbons (Fsp3) is 0.455. The Bertz CT molecular complexity index is 222. The van der Waals surface area contributed by atoms with E-state index in [0.717, 1.165) is 12.4 Å². The molecule has 1 aliphatic heterocycles. The Morgan fingerprint density at radius 2 is 2.23 bits per heavy atom. The summed E-state index contributed by atoms with van der Waals surface area (Å²) in [6, 6.07) is 0. The third-order valence-electron chi connectivity index (χ3n) is 1.69. The summed E-state index contributed by atoms with van der Waals surface area (Å²) >= 11 is 0. The quantitative estimate of drug-likeness (QED) is 0.368. The smallest absolute Gasteiger partial charge is 0.117 e. The minimum absolute atomic E-state index is 0.324. The van der Waals surface area contributed by atoms with Crippen LogP contribution in [0.3, 0.4) is 0 Å². The summed E-state index contributed by atoms with van der Waals surface area (Å²) in [6.45, 7) is 5.46. The lowest BCUT2D eigenvalue weighted by Crippen LogP contribution is -1.99. The number of rotatable bonds is 5. The Hall–Kier alpha value is -1.02. The third kappa shape index (κ3) is 4.53. The van der Waals surface area contributed by atoms with Crippen molar-refractivity contribution in [2.45, 2.75) is 20.0 Å². The summed E-state index contributed by atoms with van der Waals surface area (Å²) in [6.07, 6.45) is 10.1. The number of ether oxygens (including phenoxy) is 2. The first-order valence-corrected chi connectivity index (χ1v) is 4.57. The van der Waals surface area contributed by atoms with Crippen molar-refractivity contribution in [1.29, 1.82) is 0 Å². The highest BCUT2D eigenvalue weighted by Crippen LogP contribution is 2.11. The Labute approximate surface area is 79.5 Å². The van der Waals surface area contributed by atoms with E-state index in [1.165, 1.54) is 0 Å². The van der Waals surface area contributed by atoms with E-state index in [1.807, 2.05) is 44.2 Å². The zero-order valence-corrected chi connectivity index (χ0v) is 8.19. The Kier molecular flexibility index (Phi) is 4.33. The molecule has 1 fully saturated rings. The molecular formula is C11H16O2. The monoisotopic (exact) mass is 180 g/mol. The number of hydrogen-bond donors (Lipinski definition) is 0. The highest BCUT2D eigenvalue weighted by Gasteiger charge is 2.22. The van der Waals surface area contributed by atoms with Crippen LogP contribution in [0.4, 0.5) is 0 Å². The van der Waals surface area contributed by atoms with E-state index >= 15 is 0 Å². The first-order chi connectivity index (χ1) is 6.36. The van der Waals surface area contributed by atoms with E-state index in [2.05, 4.69) is 0 Å². The van der Waals surface area contributed by atoms with E-state index in [-0.39, 0.29) is 0 Å². The molecule has 1 rings (SSSR count). The minimum Gasteiger partial charge on any atom is -0.491 e. The lowest BCUT2D eigenvalue weighted by atomic mass is 10.4. The lowest BCUT2D eigenvalue weighted by molar-refractivity contribution is 0.192. The van der Waals surface area contributed by atoms with E-state index < -0.39 is 0 Å². The Morgan fingerprint density at radius 3 is 2.77 bits per heavy atom. The van der Waals surface area contributed by atoms with Gasteiger partial charge in [-0.25, -0.2) is 0 Å². The topological polar surface area (TPSA) is 21.8 Å². The molecule has 2 nitrogen and oxygen atoms in total. The van der Waals surface area contributed by atoms with Gasteiger partial charge in [-0.1, -0.05) is 18.2 Å². The van der Waals surface area contributed by atoms with Crippen LogP contribution in [-0.4, -0.2) is 19.3 Å². The van der Waals surface area contributed by atoms with Crippen LogP contribution in [0.15, 0.2) is 36.1 Å². The zero-order valence-electron chi connectivity index (χ0n) is 8.19. The fourth-order valence-electron chi connectivity index (χ4n) is 0.843. The van der Waals surface area contributed by atoms with Crippen LogP contribution in [0.5, 0.6) is 0 Å². The molecule has 0 N–H and O–H groups in total. The largest absolute Gasteiger partial charge is 0.491 e. The van der Waals surface area contributed by atoms with Crippen molar-refractivity contribution in [3.63, 3.8) is 0 Å². The Balaban J connectivity index is 2.24. The summed E-state index contributed by atoms with van der Waals surface area (Å²) < 4.78 is 10.5. The molecule has 13 heavy (non-hydrogen) atoms. The molecule has 0 radical (unpaired) electrons. The van der Waals surface area contributed by atoms with Gasteiger partial charge in [0.1, 0.15) is 18.5 Å². The van der Waals surface area contributed by atoms with Crippen LogP contribution < -0.4 is 0 Å². The molecule has 1 heterocycles. The maximum atomic E-state index is 5.48. The molecule has 0 aromatic heterocycles. The van der Waals surface area contributed by atoms with E-state index in [4.69, 9.17) is 9.47 Å². The predicted molar refractivity (Wildman–Crippen MR) is 53.4 cm³/mol. The molecule has 0 saturated carbocycles. The van der Waals surface area contributed by atoms with Crippen LogP contribution in [0.2, 0.25) is 0 Å². The van der Waals surface area contributed by atoms with Crippen LogP contribution >= 0.6 is 0 Å². The summed E-state index contributed by atoms with van der Waals surface area (Å²) in [5.41, 5.74) is 0. The van der Waals surface area contributed by atoms with Crippen molar-refractivity contribution in [2.75, 3.05) is 13.2 Å². The van der Waals surface area contributed by atoms with Gasteiger partial charge >= 0.3 is 0 Å². The molecule has 1 unspecified atom stereocenters. The molecule has 0 aromatic carbocycles. The maximum absolute atomic E-state index is 5.48. The molecule has 1 atom stereocenters. The molecule has 0 spiro atoms. The summed E-state index contributed by atoms with van der Waals surface area (Å²) in [4.78, 5) is 0. The summed E-state index contributed by atoms with van der Waals surface area (Å²) in [5, 5.41) is 0. The first kappa shape index (κ1) is 10.1. The second kappa shape index (κ2) is 5.60. The van der Waals surface area contributed by atoms with Crippen LogP contribution in [0.1, 0.15) is 13.8 Å². The van der Waals surface area contributed by atoms with Gasteiger partial charge in [-0.05, 0) is 26.0 Å². The second-order valence-corrected chi connectivity index (χ2v) is 2.84. The van der Waals surface area contributed by atoms with Crippen LogP contribution in [0, 0.1) is 0 Å². The van der Waals surface area contributed by atoms with Crippen molar-refractivity contribution in [3.8, 4) is 0 Å². The van der Waals surface area contributed by atoms with Crippen molar-refractivity contribution in [1.82, 2.24) is 0 Å². The van der Waals surface area contributed by atoms with Gasteiger partial charge in [0.15, 0.2) is 0 Å². The lowest BCUT2D eigenvalue weighted by Gasteiger charge is -2.02. The van der Waals surface area contributed by atoms with Crippen molar-refractivity contribution < 1.29 is 9.47 Å². The van der Waals surface area contributed by atoms with Gasteiger partial charge in [0, 0.05) is 0 Å². The molecule has 2 heteroatoms. The number of allylic oxidation sites excluding steroid dienone is 5. The summed E-state index contributed by atoms with van der Waals surface area (Å²) in [5.74, 6) is 0.897.